The Morgan fingerprint density at radius 3 is 3.05 bits per heavy atom. The predicted molar refractivity (Wildman–Crippen MR) is 92.6 cm³/mol. The fourth-order valence-corrected chi connectivity index (χ4v) is 3.67. The summed E-state index contributed by atoms with van der Waals surface area (Å²) in [5.74, 6) is 0.736. The average Bonchev–Trinajstić information content (AvgIpc) is 2.89. The van der Waals surface area contributed by atoms with Gasteiger partial charge in [0.05, 0.1) is 29.9 Å². The van der Waals surface area contributed by atoms with Crippen LogP contribution in [0, 0.1) is 0 Å². The number of thiophene rings is 1. The van der Waals surface area contributed by atoms with E-state index in [9.17, 15) is 4.79 Å². The van der Waals surface area contributed by atoms with Crippen LogP contribution in [0.4, 0.5) is 5.69 Å². The molecule has 1 aromatic carbocycles. The van der Waals surface area contributed by atoms with Crippen molar-refractivity contribution in [1.82, 2.24) is 4.98 Å². The molecule has 6 heteroatoms. The number of hydrogen-bond donors (Lipinski definition) is 1. The standard InChI is InChI=1S/C16H13BrN2O2S/c1-21-14-7-15-12(6-13(14)17)10(9-22-15)5-16(20)19-11-3-2-4-18-8-11/h2-4,6-9H,5H2,1H3,(H,19,20). The van der Waals surface area contributed by atoms with E-state index in [-0.39, 0.29) is 5.91 Å². The van der Waals surface area contributed by atoms with Crippen molar-refractivity contribution in [1.29, 1.82) is 0 Å². The van der Waals surface area contributed by atoms with Gasteiger partial charge in [-0.1, -0.05) is 0 Å². The van der Waals surface area contributed by atoms with Crippen molar-refractivity contribution < 1.29 is 9.53 Å². The van der Waals surface area contributed by atoms with Gasteiger partial charge < -0.3 is 10.1 Å². The number of ether oxygens (including phenoxy) is 1. The molecule has 0 saturated heterocycles. The number of amides is 1. The summed E-state index contributed by atoms with van der Waals surface area (Å²) in [6, 6.07) is 7.58. The van der Waals surface area contributed by atoms with Crippen LogP contribution in [-0.4, -0.2) is 18.0 Å². The number of halogens is 1. The first kappa shape index (κ1) is 15.0. The number of carbonyl (C=O) groups is 1. The monoisotopic (exact) mass is 376 g/mol. The van der Waals surface area contributed by atoms with Crippen LogP contribution >= 0.6 is 27.3 Å². The van der Waals surface area contributed by atoms with E-state index in [0.717, 1.165) is 25.9 Å². The number of nitrogens with one attached hydrogen (secondary N) is 1. The van der Waals surface area contributed by atoms with E-state index < -0.39 is 0 Å². The van der Waals surface area contributed by atoms with Crippen LogP contribution in [0.25, 0.3) is 10.1 Å². The van der Waals surface area contributed by atoms with Crippen molar-refractivity contribution >= 4 is 48.9 Å². The molecule has 0 radical (unpaired) electrons. The van der Waals surface area contributed by atoms with Gasteiger partial charge in [-0.05, 0) is 56.5 Å². The highest BCUT2D eigenvalue weighted by Gasteiger charge is 2.12. The topological polar surface area (TPSA) is 51.2 Å². The number of hydrogen-bond acceptors (Lipinski definition) is 4. The van der Waals surface area contributed by atoms with Gasteiger partial charge in [-0.3, -0.25) is 9.78 Å². The lowest BCUT2D eigenvalue weighted by molar-refractivity contribution is -0.115. The second-order valence-corrected chi connectivity index (χ2v) is 6.48. The van der Waals surface area contributed by atoms with Crippen molar-refractivity contribution in [2.75, 3.05) is 12.4 Å². The number of methoxy groups -OCH3 is 1. The first-order valence-electron chi connectivity index (χ1n) is 6.61. The minimum absolute atomic E-state index is 0.0559. The highest BCUT2D eigenvalue weighted by atomic mass is 79.9. The molecule has 2 heterocycles. The Balaban J connectivity index is 1.82. The highest BCUT2D eigenvalue weighted by molar-refractivity contribution is 9.10. The molecule has 0 aliphatic carbocycles. The number of rotatable bonds is 4. The quantitative estimate of drug-likeness (QED) is 0.740. The number of anilines is 1. The summed E-state index contributed by atoms with van der Waals surface area (Å²) in [5.41, 5.74) is 1.71. The molecule has 0 fully saturated rings. The largest absolute Gasteiger partial charge is 0.496 e. The van der Waals surface area contributed by atoms with E-state index in [1.165, 1.54) is 0 Å². The normalized spacial score (nSPS) is 10.6. The first-order chi connectivity index (χ1) is 10.7. The molecule has 3 rings (SSSR count). The Hall–Kier alpha value is -1.92. The van der Waals surface area contributed by atoms with E-state index in [1.807, 2.05) is 23.6 Å². The summed E-state index contributed by atoms with van der Waals surface area (Å²) in [6.45, 7) is 0. The minimum Gasteiger partial charge on any atom is -0.496 e. The molecule has 2 aromatic heterocycles. The number of aromatic nitrogens is 1. The van der Waals surface area contributed by atoms with Crippen LogP contribution in [0.2, 0.25) is 0 Å². The molecular formula is C16H13BrN2O2S. The molecule has 3 aromatic rings. The minimum atomic E-state index is -0.0559. The summed E-state index contributed by atoms with van der Waals surface area (Å²) in [6.07, 6.45) is 3.63. The van der Waals surface area contributed by atoms with Gasteiger partial charge in [0, 0.05) is 10.9 Å². The summed E-state index contributed by atoms with van der Waals surface area (Å²) in [5, 5.41) is 5.93. The van der Waals surface area contributed by atoms with Gasteiger partial charge >= 0.3 is 0 Å². The van der Waals surface area contributed by atoms with Crippen molar-refractivity contribution in [3.05, 3.63) is 52.1 Å². The maximum absolute atomic E-state index is 12.2. The summed E-state index contributed by atoms with van der Waals surface area (Å²) in [4.78, 5) is 16.1. The van der Waals surface area contributed by atoms with Crippen molar-refractivity contribution in [3.8, 4) is 5.75 Å². The number of pyridine rings is 1. The van der Waals surface area contributed by atoms with Crippen LogP contribution in [0.3, 0.4) is 0 Å². The van der Waals surface area contributed by atoms with Crippen LogP contribution in [-0.2, 0) is 11.2 Å². The Bertz CT molecular complexity index is 818. The Morgan fingerprint density at radius 2 is 2.32 bits per heavy atom. The second kappa shape index (κ2) is 6.46. The molecule has 22 heavy (non-hydrogen) atoms. The molecule has 0 saturated carbocycles. The lowest BCUT2D eigenvalue weighted by Gasteiger charge is -2.06. The molecule has 1 amide bonds. The maximum Gasteiger partial charge on any atom is 0.228 e. The van der Waals surface area contributed by atoms with E-state index in [1.54, 1.807) is 36.9 Å². The van der Waals surface area contributed by atoms with E-state index in [4.69, 9.17) is 4.74 Å². The summed E-state index contributed by atoms with van der Waals surface area (Å²) < 4.78 is 7.28. The predicted octanol–water partition coefficient (Wildman–Crippen LogP) is 4.25. The number of nitrogens with zero attached hydrogens (tertiary/aromatic N) is 1. The van der Waals surface area contributed by atoms with Gasteiger partial charge in [-0.15, -0.1) is 11.3 Å². The Kier molecular flexibility index (Phi) is 4.40. The molecule has 0 atom stereocenters. The van der Waals surface area contributed by atoms with Gasteiger partial charge in [0.2, 0.25) is 5.91 Å². The summed E-state index contributed by atoms with van der Waals surface area (Å²) >= 11 is 5.09. The van der Waals surface area contributed by atoms with Crippen molar-refractivity contribution in [2.24, 2.45) is 0 Å². The second-order valence-electron chi connectivity index (χ2n) is 4.71. The average molecular weight is 377 g/mol. The van der Waals surface area contributed by atoms with E-state index >= 15 is 0 Å². The number of benzene rings is 1. The maximum atomic E-state index is 12.2. The zero-order valence-corrected chi connectivity index (χ0v) is 14.2. The van der Waals surface area contributed by atoms with Gasteiger partial charge in [-0.25, -0.2) is 0 Å². The molecule has 0 bridgehead atoms. The Morgan fingerprint density at radius 1 is 1.45 bits per heavy atom. The molecule has 0 spiro atoms. The fourth-order valence-electron chi connectivity index (χ4n) is 2.19. The molecule has 0 aliphatic heterocycles. The smallest absolute Gasteiger partial charge is 0.228 e. The molecule has 0 unspecified atom stereocenters. The van der Waals surface area contributed by atoms with Gasteiger partial charge in [0.15, 0.2) is 0 Å². The molecule has 1 N–H and O–H groups in total. The molecule has 0 aliphatic rings. The molecule has 4 nitrogen and oxygen atoms in total. The van der Waals surface area contributed by atoms with Gasteiger partial charge in [-0.2, -0.15) is 0 Å². The lowest BCUT2D eigenvalue weighted by Crippen LogP contribution is -2.14. The summed E-state index contributed by atoms with van der Waals surface area (Å²) in [7, 11) is 1.64. The number of carbonyl (C=O) groups excluding carboxylic acids is 1. The SMILES string of the molecule is COc1cc2scc(CC(=O)Nc3cccnc3)c2cc1Br. The third kappa shape index (κ3) is 3.13. The van der Waals surface area contributed by atoms with E-state index in [2.05, 4.69) is 26.2 Å². The third-order valence-electron chi connectivity index (χ3n) is 3.22. The Labute approximate surface area is 140 Å². The van der Waals surface area contributed by atoms with Crippen LogP contribution < -0.4 is 10.1 Å². The lowest BCUT2D eigenvalue weighted by atomic mass is 10.1. The van der Waals surface area contributed by atoms with Crippen LogP contribution in [0.1, 0.15) is 5.56 Å². The zero-order valence-electron chi connectivity index (χ0n) is 11.8. The van der Waals surface area contributed by atoms with E-state index in [0.29, 0.717) is 12.1 Å². The molecular weight excluding hydrogens is 364 g/mol. The zero-order chi connectivity index (χ0) is 15.5. The molecule has 112 valence electrons. The van der Waals surface area contributed by atoms with Gasteiger partial charge in [0.1, 0.15) is 5.75 Å². The van der Waals surface area contributed by atoms with Crippen LogP contribution in [0.15, 0.2) is 46.5 Å². The van der Waals surface area contributed by atoms with Crippen LogP contribution in [0.5, 0.6) is 5.75 Å². The van der Waals surface area contributed by atoms with Gasteiger partial charge in [0.25, 0.3) is 0 Å². The third-order valence-corrected chi connectivity index (χ3v) is 4.84. The van der Waals surface area contributed by atoms with Crippen molar-refractivity contribution in [3.63, 3.8) is 0 Å². The number of fused-ring (bicyclic) bond motifs is 1. The highest BCUT2D eigenvalue weighted by Crippen LogP contribution is 2.35. The van der Waals surface area contributed by atoms with Crippen molar-refractivity contribution in [2.45, 2.75) is 6.42 Å². The first-order valence-corrected chi connectivity index (χ1v) is 8.28. The fraction of sp³-hybridized carbons (Fsp3) is 0.125.